The molecule has 2 atom stereocenters. The summed E-state index contributed by atoms with van der Waals surface area (Å²) in [4.78, 5) is 4.06. The maximum Gasteiger partial charge on any atom is 0.283 e. The summed E-state index contributed by atoms with van der Waals surface area (Å²) in [6, 6.07) is 8.91. The van der Waals surface area contributed by atoms with Gasteiger partial charge in [-0.25, -0.2) is 4.98 Å². The Labute approximate surface area is 137 Å². The first-order valence-corrected chi connectivity index (χ1v) is 9.09. The molecular weight excluding hydrogens is 314 g/mol. The van der Waals surface area contributed by atoms with Gasteiger partial charge in [-0.15, -0.1) is 0 Å². The zero-order chi connectivity index (χ0) is 17.0. The minimum atomic E-state index is -3.83. The second-order valence-corrected chi connectivity index (χ2v) is 7.45. The van der Waals surface area contributed by atoms with E-state index in [4.69, 9.17) is 0 Å². The van der Waals surface area contributed by atoms with E-state index in [2.05, 4.69) is 4.98 Å². The second kappa shape index (κ2) is 7.14. The molecule has 7 heteroatoms. The van der Waals surface area contributed by atoms with Crippen LogP contribution in [0.15, 0.2) is 47.9 Å². The molecule has 126 valence electrons. The van der Waals surface area contributed by atoms with Crippen LogP contribution >= 0.6 is 0 Å². The monoisotopic (exact) mass is 337 g/mol. The minimum Gasteiger partial charge on any atom is -0.392 e. The van der Waals surface area contributed by atoms with Crippen LogP contribution in [0.2, 0.25) is 0 Å². The topological polar surface area (TPSA) is 75.4 Å². The Morgan fingerprint density at radius 1 is 1.26 bits per heavy atom. The van der Waals surface area contributed by atoms with Crippen LogP contribution in [0.5, 0.6) is 0 Å². The van der Waals surface area contributed by atoms with Crippen molar-refractivity contribution in [2.45, 2.75) is 44.4 Å². The summed E-state index contributed by atoms with van der Waals surface area (Å²) in [5, 5.41) is 9.68. The van der Waals surface area contributed by atoms with E-state index in [0.717, 1.165) is 6.42 Å². The first-order chi connectivity index (χ1) is 10.9. The standard InChI is InChI=1S/C16H23N3O3S/c1-4-13(2)18-11-16(17-12-18)23(21,22)19(10-14(3)20)15-8-6-5-7-9-15/h5-9,11-14,20H,4,10H2,1-3H3. The molecule has 0 saturated heterocycles. The highest BCUT2D eigenvalue weighted by Gasteiger charge is 2.28. The van der Waals surface area contributed by atoms with Crippen LogP contribution in [-0.4, -0.2) is 35.7 Å². The molecular formula is C16H23N3O3S. The molecule has 6 nitrogen and oxygen atoms in total. The molecule has 0 amide bonds. The van der Waals surface area contributed by atoms with Gasteiger partial charge in [0, 0.05) is 12.2 Å². The molecule has 1 aromatic heterocycles. The van der Waals surface area contributed by atoms with Crippen molar-refractivity contribution < 1.29 is 13.5 Å². The third kappa shape index (κ3) is 3.92. The molecule has 1 aromatic carbocycles. The second-order valence-electron chi connectivity index (χ2n) is 5.64. The largest absolute Gasteiger partial charge is 0.392 e. The number of hydrogen-bond donors (Lipinski definition) is 1. The van der Waals surface area contributed by atoms with Gasteiger partial charge in [0.2, 0.25) is 0 Å². The zero-order valence-corrected chi connectivity index (χ0v) is 14.4. The number of aliphatic hydroxyl groups is 1. The van der Waals surface area contributed by atoms with E-state index in [-0.39, 0.29) is 17.6 Å². The summed E-state index contributed by atoms with van der Waals surface area (Å²) in [5.41, 5.74) is 0.506. The third-order valence-electron chi connectivity index (χ3n) is 3.71. The van der Waals surface area contributed by atoms with Gasteiger partial charge in [-0.2, -0.15) is 8.42 Å². The predicted molar refractivity (Wildman–Crippen MR) is 89.9 cm³/mol. The summed E-state index contributed by atoms with van der Waals surface area (Å²) in [6.45, 7) is 5.57. The Kier molecular flexibility index (Phi) is 5.43. The van der Waals surface area contributed by atoms with E-state index in [1.807, 2.05) is 19.9 Å². The molecule has 0 saturated carbocycles. The lowest BCUT2D eigenvalue weighted by atomic mass is 10.3. The number of benzene rings is 1. The fraction of sp³-hybridized carbons (Fsp3) is 0.438. The highest BCUT2D eigenvalue weighted by molar-refractivity contribution is 7.92. The molecule has 23 heavy (non-hydrogen) atoms. The van der Waals surface area contributed by atoms with Crippen LogP contribution in [0.25, 0.3) is 0 Å². The molecule has 0 aliphatic heterocycles. The summed E-state index contributed by atoms with van der Waals surface area (Å²) >= 11 is 0. The number of nitrogens with zero attached hydrogens (tertiary/aromatic N) is 3. The number of aromatic nitrogens is 2. The molecule has 0 aliphatic rings. The SMILES string of the molecule is CCC(C)n1cnc(S(=O)(=O)N(CC(C)O)c2ccccc2)c1. The molecule has 1 heterocycles. The Bertz CT molecular complexity index is 726. The molecule has 0 radical (unpaired) electrons. The number of para-hydroxylation sites is 1. The highest BCUT2D eigenvalue weighted by Crippen LogP contribution is 2.23. The zero-order valence-electron chi connectivity index (χ0n) is 13.6. The van der Waals surface area contributed by atoms with Crippen molar-refractivity contribution in [1.82, 2.24) is 9.55 Å². The predicted octanol–water partition coefficient (Wildman–Crippen LogP) is 2.43. The Morgan fingerprint density at radius 3 is 2.48 bits per heavy atom. The maximum atomic E-state index is 12.9. The van der Waals surface area contributed by atoms with Crippen LogP contribution in [0.1, 0.15) is 33.2 Å². The lowest BCUT2D eigenvalue weighted by Crippen LogP contribution is -2.36. The normalized spacial score (nSPS) is 14.4. The smallest absolute Gasteiger partial charge is 0.283 e. The van der Waals surface area contributed by atoms with Crippen LogP contribution in [0, 0.1) is 0 Å². The van der Waals surface area contributed by atoms with Gasteiger partial charge >= 0.3 is 0 Å². The van der Waals surface area contributed by atoms with Crippen molar-refractivity contribution in [3.63, 3.8) is 0 Å². The molecule has 2 unspecified atom stereocenters. The van der Waals surface area contributed by atoms with Gasteiger partial charge in [0.05, 0.1) is 24.7 Å². The quantitative estimate of drug-likeness (QED) is 0.842. The summed E-state index contributed by atoms with van der Waals surface area (Å²) in [5.74, 6) is 0. The van der Waals surface area contributed by atoms with Gasteiger partial charge in [0.15, 0.2) is 5.03 Å². The number of rotatable bonds is 7. The number of imidazole rings is 1. The molecule has 0 bridgehead atoms. The van der Waals surface area contributed by atoms with E-state index in [1.165, 1.54) is 10.6 Å². The Balaban J connectivity index is 2.42. The molecule has 0 fully saturated rings. The first-order valence-electron chi connectivity index (χ1n) is 7.65. The van der Waals surface area contributed by atoms with Crippen molar-refractivity contribution in [1.29, 1.82) is 0 Å². The summed E-state index contributed by atoms with van der Waals surface area (Å²) < 4.78 is 28.8. The van der Waals surface area contributed by atoms with Gasteiger partial charge < -0.3 is 9.67 Å². The number of hydrogen-bond acceptors (Lipinski definition) is 4. The average Bonchev–Trinajstić information content (AvgIpc) is 3.03. The third-order valence-corrected chi connectivity index (χ3v) is 5.39. The molecule has 0 spiro atoms. The number of anilines is 1. The van der Waals surface area contributed by atoms with Crippen LogP contribution < -0.4 is 4.31 Å². The fourth-order valence-electron chi connectivity index (χ4n) is 2.19. The molecule has 2 rings (SSSR count). The maximum absolute atomic E-state index is 12.9. The van der Waals surface area contributed by atoms with Gasteiger partial charge in [0.25, 0.3) is 10.0 Å². The highest BCUT2D eigenvalue weighted by atomic mass is 32.2. The molecule has 2 aromatic rings. The summed E-state index contributed by atoms with van der Waals surface area (Å²) in [7, 11) is -3.83. The van der Waals surface area contributed by atoms with E-state index < -0.39 is 16.1 Å². The van der Waals surface area contributed by atoms with Gasteiger partial charge in [0.1, 0.15) is 0 Å². The van der Waals surface area contributed by atoms with E-state index >= 15 is 0 Å². The van der Waals surface area contributed by atoms with Crippen LogP contribution in [0.3, 0.4) is 0 Å². The van der Waals surface area contributed by atoms with E-state index in [9.17, 15) is 13.5 Å². The Hall–Kier alpha value is -1.86. The van der Waals surface area contributed by atoms with E-state index in [0.29, 0.717) is 5.69 Å². The van der Waals surface area contributed by atoms with Crippen molar-refractivity contribution in [2.24, 2.45) is 0 Å². The minimum absolute atomic E-state index is 0.0118. The lowest BCUT2D eigenvalue weighted by molar-refractivity contribution is 0.204. The first kappa shape index (κ1) is 17.5. The number of sulfonamides is 1. The van der Waals surface area contributed by atoms with Crippen LogP contribution in [0.4, 0.5) is 5.69 Å². The Morgan fingerprint density at radius 2 is 1.91 bits per heavy atom. The summed E-state index contributed by atoms with van der Waals surface area (Å²) in [6.07, 6.45) is 3.17. The number of aliphatic hydroxyl groups excluding tert-OH is 1. The van der Waals surface area contributed by atoms with Gasteiger partial charge in [-0.3, -0.25) is 4.31 Å². The van der Waals surface area contributed by atoms with Crippen molar-refractivity contribution >= 4 is 15.7 Å². The van der Waals surface area contributed by atoms with Crippen molar-refractivity contribution in [2.75, 3.05) is 10.8 Å². The molecule has 1 N–H and O–H groups in total. The van der Waals surface area contributed by atoms with Crippen molar-refractivity contribution in [3.8, 4) is 0 Å². The van der Waals surface area contributed by atoms with Gasteiger partial charge in [-0.1, -0.05) is 25.1 Å². The fourth-order valence-corrected chi connectivity index (χ4v) is 3.66. The van der Waals surface area contributed by atoms with Crippen molar-refractivity contribution in [3.05, 3.63) is 42.9 Å². The molecule has 0 aliphatic carbocycles. The van der Waals surface area contributed by atoms with Gasteiger partial charge in [-0.05, 0) is 32.4 Å². The van der Waals surface area contributed by atoms with E-state index in [1.54, 1.807) is 42.0 Å². The average molecular weight is 337 g/mol. The van der Waals surface area contributed by atoms with Crippen LogP contribution in [-0.2, 0) is 10.0 Å². The lowest BCUT2D eigenvalue weighted by Gasteiger charge is -2.24.